The van der Waals surface area contributed by atoms with Crippen LogP contribution in [-0.2, 0) is 0 Å². The van der Waals surface area contributed by atoms with Crippen LogP contribution in [0.15, 0.2) is 0 Å². The van der Waals surface area contributed by atoms with Crippen LogP contribution in [0.25, 0.3) is 0 Å². The Morgan fingerprint density at radius 2 is 0.734 bits per heavy atom. The van der Waals surface area contributed by atoms with Crippen LogP contribution in [0, 0.1) is 82.3 Å². The molecule has 21 nitrogen and oxygen atoms in total. The lowest BCUT2D eigenvalue weighted by molar-refractivity contribution is -0.0675. The maximum atomic E-state index is 9.62. The number of aliphatic hydroxyl groups is 20. The molecule has 1 fully saturated rings. The molecule has 1 saturated carbocycles. The summed E-state index contributed by atoms with van der Waals surface area (Å²) >= 11 is 0. The van der Waals surface area contributed by atoms with E-state index in [9.17, 15) is 25.5 Å². The molecule has 94 heavy (non-hydrogen) atoms. The lowest BCUT2D eigenvalue weighted by Crippen LogP contribution is -2.39. The zero-order valence-electron chi connectivity index (χ0n) is 65.5. The molecule has 6 unspecified atom stereocenters. The second-order valence-electron chi connectivity index (χ2n) is 31.4. The van der Waals surface area contributed by atoms with Gasteiger partial charge in [-0.15, -0.1) is 0 Å². The Balaban J connectivity index is -0.000000104. The fourth-order valence-corrected chi connectivity index (χ4v) is 8.15. The molecule has 0 heterocycles. The molecule has 0 saturated heterocycles. The number of hydrogen-bond donors (Lipinski definition) is 21. The fraction of sp³-hybridized carbons (Fsp3) is 1.00. The van der Waals surface area contributed by atoms with Crippen molar-refractivity contribution in [2.24, 2.45) is 88.1 Å². The van der Waals surface area contributed by atoms with Crippen LogP contribution in [-0.4, -0.2) is 235 Å². The molecule has 0 spiro atoms. The lowest BCUT2D eigenvalue weighted by Gasteiger charge is -2.31. The van der Waals surface area contributed by atoms with E-state index in [2.05, 4.69) is 69.2 Å². The smallest absolute Gasteiger partial charge is 0.111 e. The molecule has 0 amide bonds. The van der Waals surface area contributed by atoms with Crippen molar-refractivity contribution in [3.63, 3.8) is 0 Å². The van der Waals surface area contributed by atoms with Gasteiger partial charge in [0.2, 0.25) is 0 Å². The van der Waals surface area contributed by atoms with Crippen LogP contribution in [0.2, 0.25) is 0 Å². The van der Waals surface area contributed by atoms with Crippen molar-refractivity contribution in [1.29, 1.82) is 0 Å². The summed E-state index contributed by atoms with van der Waals surface area (Å²) in [7, 11) is 0. The van der Waals surface area contributed by atoms with E-state index in [0.717, 1.165) is 57.4 Å². The SMILES string of the molecule is CC(C)C(CO)CO.CC(C)CC(C)(C)O.CC(C)CC(C)O.CC(C)CC(O)(CO)CO.CC(C)CC(O)C(C)(CO)CO.CC(C)CC(O)C(CO)CO.CC(C)CC(O)C(O)CO.CC(C)CC(O)CO.CC(C)CC1(O)CC1.CC(C)CCN.CC(C)CCO. The zero-order valence-corrected chi connectivity index (χ0v) is 65.5. The molecular formula is C73H167NO20. The van der Waals surface area contributed by atoms with E-state index in [-0.39, 0.29) is 95.5 Å². The largest absolute Gasteiger partial charge is 0.396 e. The number of aliphatic hydroxyl groups excluding tert-OH is 17. The van der Waals surface area contributed by atoms with Gasteiger partial charge in [0.05, 0.1) is 94.6 Å². The van der Waals surface area contributed by atoms with E-state index in [1.165, 1.54) is 0 Å². The van der Waals surface area contributed by atoms with Gasteiger partial charge in [-0.2, -0.15) is 0 Å². The van der Waals surface area contributed by atoms with Crippen molar-refractivity contribution < 1.29 is 102 Å². The van der Waals surface area contributed by atoms with Gasteiger partial charge in [0, 0.05) is 37.1 Å². The number of hydrogen-bond acceptors (Lipinski definition) is 21. The normalized spacial score (nSPS) is 14.6. The molecule has 0 aromatic rings. The second kappa shape index (κ2) is 70.6. The summed E-state index contributed by atoms with van der Waals surface area (Å²) in [5.41, 5.74) is 2.48. The Morgan fingerprint density at radius 1 is 0.372 bits per heavy atom. The summed E-state index contributed by atoms with van der Waals surface area (Å²) < 4.78 is 0. The first-order valence-electron chi connectivity index (χ1n) is 35.4. The van der Waals surface area contributed by atoms with Crippen molar-refractivity contribution in [2.45, 2.75) is 310 Å². The van der Waals surface area contributed by atoms with Gasteiger partial charge in [-0.3, -0.25) is 0 Å². The van der Waals surface area contributed by atoms with Crippen molar-refractivity contribution in [3.8, 4) is 0 Å². The van der Waals surface area contributed by atoms with Gasteiger partial charge in [-0.1, -0.05) is 159 Å². The van der Waals surface area contributed by atoms with Crippen molar-refractivity contribution in [2.75, 3.05) is 79.2 Å². The first-order valence-corrected chi connectivity index (χ1v) is 35.4. The topological polar surface area (TPSA) is 431 Å². The minimum atomic E-state index is -1.28. The summed E-state index contributed by atoms with van der Waals surface area (Å²) in [5, 5.41) is 177. The Hall–Kier alpha value is -0.840. The van der Waals surface area contributed by atoms with Crippen LogP contribution in [0.1, 0.15) is 257 Å². The monoisotopic (exact) mass is 1380 g/mol. The highest BCUT2D eigenvalue weighted by Gasteiger charge is 2.40. The van der Waals surface area contributed by atoms with Crippen LogP contribution in [0.5, 0.6) is 0 Å². The van der Waals surface area contributed by atoms with E-state index in [1.54, 1.807) is 6.92 Å². The van der Waals surface area contributed by atoms with Gasteiger partial charge in [-0.25, -0.2) is 0 Å². The molecule has 0 aliphatic heterocycles. The van der Waals surface area contributed by atoms with Gasteiger partial charge in [0.1, 0.15) is 11.7 Å². The minimum absolute atomic E-state index is 0.0648. The second-order valence-corrected chi connectivity index (χ2v) is 31.4. The van der Waals surface area contributed by atoms with E-state index >= 15 is 0 Å². The molecule has 0 aromatic heterocycles. The average molecular weight is 1380 g/mol. The van der Waals surface area contributed by atoms with Crippen LogP contribution in [0.4, 0.5) is 0 Å². The van der Waals surface area contributed by atoms with Crippen molar-refractivity contribution in [1.82, 2.24) is 0 Å². The van der Waals surface area contributed by atoms with E-state index in [1.807, 2.05) is 104 Å². The average Bonchev–Trinajstić information content (AvgIpc) is 1.68. The van der Waals surface area contributed by atoms with E-state index < -0.39 is 47.1 Å². The van der Waals surface area contributed by atoms with Gasteiger partial charge in [0.15, 0.2) is 0 Å². The highest BCUT2D eigenvalue weighted by molar-refractivity contribution is 4.93. The molecule has 21 heteroatoms. The Morgan fingerprint density at radius 3 is 0.862 bits per heavy atom. The van der Waals surface area contributed by atoms with Crippen LogP contribution >= 0.6 is 0 Å². The molecule has 0 bridgehead atoms. The van der Waals surface area contributed by atoms with Crippen molar-refractivity contribution >= 4 is 0 Å². The molecule has 0 aromatic carbocycles. The lowest BCUT2D eigenvalue weighted by atomic mass is 9.82. The standard InChI is InChI=1S/C9H20O3.C8H18O3.2C7H16O3.C7H14O.C7H16O.2C6H14O2.C6H14O.C5H13N.C5H12O/c1-7(2)4-8(12)9(3,5-10)6-11;1-6(2)3-8(11)7(4-9)5-10;1-6(2)3-7(10,4-8)5-9;1-5(2)3-6(9)7(10)4-8;1-6(2)5-7(8)3-4-7;1-6(2)5-7(3,4)8;1-5(2)6(3-7)4-8;1-5(2)3-6(8)4-7;1-5(2)4-6(3)7;2*1-5(2)3-4-6/h7-8,10-12H,4-6H2,1-3H3;6-11H,3-5H2,1-2H3;6,8-10H,3-5H2,1-2H3;5-10H,3-4H2,1-2H3;6,8H,3-5H2,1-2H3;6,8H,5H2,1-4H3;2*5-8H,3-4H2,1-2H3;5-7H,4H2,1-3H3;5H,3-4,6H2,1-2H3;5-6H,3-4H2,1-2H3. The molecule has 584 valence electrons. The third kappa shape index (κ3) is 97.5. The van der Waals surface area contributed by atoms with Gasteiger partial charge >= 0.3 is 0 Å². The third-order valence-electron chi connectivity index (χ3n) is 13.8. The van der Waals surface area contributed by atoms with Gasteiger partial charge < -0.3 is 108 Å². The molecule has 1 aliphatic carbocycles. The molecule has 1 rings (SSSR count). The van der Waals surface area contributed by atoms with Gasteiger partial charge in [-0.05, 0) is 169 Å². The van der Waals surface area contributed by atoms with E-state index in [4.69, 9.17) is 82.3 Å². The quantitative estimate of drug-likeness (QED) is 0.0300. The molecule has 22 N–H and O–H groups in total. The summed E-state index contributed by atoms with van der Waals surface area (Å²) in [5.74, 6) is 5.22. The van der Waals surface area contributed by atoms with E-state index in [0.29, 0.717) is 92.0 Å². The molecular weight excluding hydrogens is 1210 g/mol. The minimum Gasteiger partial charge on any atom is -0.396 e. The predicted molar refractivity (Wildman–Crippen MR) is 389 cm³/mol. The number of nitrogens with two attached hydrogens (primary N) is 1. The fourth-order valence-electron chi connectivity index (χ4n) is 8.15. The van der Waals surface area contributed by atoms with Crippen molar-refractivity contribution in [3.05, 3.63) is 0 Å². The zero-order chi connectivity index (χ0) is 76.9. The summed E-state index contributed by atoms with van der Waals surface area (Å²) in [4.78, 5) is 0. The van der Waals surface area contributed by atoms with Gasteiger partial charge in [0.25, 0.3) is 0 Å². The maximum Gasteiger partial charge on any atom is 0.111 e. The maximum absolute atomic E-state index is 9.62. The molecule has 6 atom stereocenters. The highest BCUT2D eigenvalue weighted by atomic mass is 16.4. The molecule has 0 radical (unpaired) electrons. The first kappa shape index (κ1) is 114. The van der Waals surface area contributed by atoms with Crippen LogP contribution in [0.3, 0.4) is 0 Å². The third-order valence-corrected chi connectivity index (χ3v) is 13.8. The first-order chi connectivity index (χ1) is 42.8. The summed E-state index contributed by atoms with van der Waals surface area (Å²) in [6.07, 6.45) is 6.21. The number of rotatable bonds is 34. The Labute approximate surface area is 577 Å². The van der Waals surface area contributed by atoms with Crippen LogP contribution < -0.4 is 5.73 Å². The Bertz CT molecular complexity index is 1400. The highest BCUT2D eigenvalue weighted by Crippen LogP contribution is 2.40. The predicted octanol–water partition coefficient (Wildman–Crippen LogP) is 7.29. The molecule has 1 aliphatic rings. The summed E-state index contributed by atoms with van der Waals surface area (Å²) in [6.45, 7) is 51.6. The Kier molecular flexibility index (Phi) is 85.9. The summed E-state index contributed by atoms with van der Waals surface area (Å²) in [6, 6.07) is 0.